The SMILES string of the molecule is CCc1ccc(CC(NN)C2CCC(C)O2)nc1. The van der Waals surface area contributed by atoms with E-state index in [1.54, 1.807) is 0 Å². The average Bonchev–Trinajstić information content (AvgIpc) is 2.83. The summed E-state index contributed by atoms with van der Waals surface area (Å²) in [6.45, 7) is 4.25. The van der Waals surface area contributed by atoms with E-state index in [1.165, 1.54) is 5.56 Å². The van der Waals surface area contributed by atoms with E-state index in [1.807, 2.05) is 6.20 Å². The van der Waals surface area contributed by atoms with E-state index in [4.69, 9.17) is 10.6 Å². The zero-order valence-electron chi connectivity index (χ0n) is 11.2. The zero-order chi connectivity index (χ0) is 13.0. The number of nitrogens with zero attached hydrogens (tertiary/aromatic N) is 1. The first-order valence-electron chi connectivity index (χ1n) is 6.78. The molecular weight excluding hydrogens is 226 g/mol. The van der Waals surface area contributed by atoms with Crippen LogP contribution in [0.15, 0.2) is 18.3 Å². The van der Waals surface area contributed by atoms with Crippen molar-refractivity contribution in [1.29, 1.82) is 0 Å². The molecular formula is C14H23N3O. The largest absolute Gasteiger partial charge is 0.374 e. The number of nitrogens with one attached hydrogen (secondary N) is 1. The predicted molar refractivity (Wildman–Crippen MR) is 72.0 cm³/mol. The topological polar surface area (TPSA) is 60.2 Å². The van der Waals surface area contributed by atoms with Gasteiger partial charge in [-0.25, -0.2) is 0 Å². The first-order valence-corrected chi connectivity index (χ1v) is 6.78. The molecule has 1 saturated heterocycles. The number of ether oxygens (including phenoxy) is 1. The normalized spacial score (nSPS) is 25.3. The lowest BCUT2D eigenvalue weighted by Gasteiger charge is -2.22. The highest BCUT2D eigenvalue weighted by Gasteiger charge is 2.29. The predicted octanol–water partition coefficient (Wildman–Crippen LogP) is 1.59. The lowest BCUT2D eigenvalue weighted by atomic mass is 10.0. The number of aryl methyl sites for hydroxylation is 1. The van der Waals surface area contributed by atoms with Crippen LogP contribution >= 0.6 is 0 Å². The molecule has 3 unspecified atom stereocenters. The van der Waals surface area contributed by atoms with Gasteiger partial charge in [0.2, 0.25) is 0 Å². The molecule has 4 nitrogen and oxygen atoms in total. The lowest BCUT2D eigenvalue weighted by Crippen LogP contribution is -2.45. The van der Waals surface area contributed by atoms with Gasteiger partial charge in [-0.05, 0) is 37.8 Å². The average molecular weight is 249 g/mol. The Kier molecular flexibility index (Phi) is 4.69. The summed E-state index contributed by atoms with van der Waals surface area (Å²) in [4.78, 5) is 4.48. The van der Waals surface area contributed by atoms with Crippen LogP contribution in [0.3, 0.4) is 0 Å². The van der Waals surface area contributed by atoms with Gasteiger partial charge in [0.05, 0.1) is 18.2 Å². The first-order chi connectivity index (χ1) is 8.72. The standard InChI is InChI=1S/C14H23N3O/c1-3-11-5-6-12(16-9-11)8-13(17-15)14-7-4-10(2)18-14/h5-6,9-10,13-14,17H,3-4,7-8,15H2,1-2H3. The molecule has 18 heavy (non-hydrogen) atoms. The van der Waals surface area contributed by atoms with Gasteiger partial charge < -0.3 is 4.74 Å². The summed E-state index contributed by atoms with van der Waals surface area (Å²) in [5.41, 5.74) is 5.21. The van der Waals surface area contributed by atoms with E-state index in [9.17, 15) is 0 Å². The first kappa shape index (κ1) is 13.5. The van der Waals surface area contributed by atoms with Crippen LogP contribution in [-0.4, -0.2) is 23.2 Å². The monoisotopic (exact) mass is 249 g/mol. The van der Waals surface area contributed by atoms with E-state index in [0.717, 1.165) is 31.4 Å². The quantitative estimate of drug-likeness (QED) is 0.614. The van der Waals surface area contributed by atoms with Crippen LogP contribution in [-0.2, 0) is 17.6 Å². The van der Waals surface area contributed by atoms with E-state index in [0.29, 0.717) is 6.10 Å². The van der Waals surface area contributed by atoms with Crippen molar-refractivity contribution in [3.8, 4) is 0 Å². The third kappa shape index (κ3) is 3.28. The Balaban J connectivity index is 1.96. The molecule has 3 N–H and O–H groups in total. The maximum Gasteiger partial charge on any atom is 0.0749 e. The highest BCUT2D eigenvalue weighted by Crippen LogP contribution is 2.23. The summed E-state index contributed by atoms with van der Waals surface area (Å²) in [5, 5.41) is 0. The van der Waals surface area contributed by atoms with Crippen LogP contribution in [0.2, 0.25) is 0 Å². The fourth-order valence-electron chi connectivity index (χ4n) is 2.44. The van der Waals surface area contributed by atoms with Gasteiger partial charge in [-0.3, -0.25) is 16.3 Å². The molecule has 2 heterocycles. The van der Waals surface area contributed by atoms with Crippen LogP contribution < -0.4 is 11.3 Å². The molecule has 0 bridgehead atoms. The Bertz CT molecular complexity index is 366. The Morgan fingerprint density at radius 3 is 2.83 bits per heavy atom. The minimum absolute atomic E-state index is 0.148. The fourth-order valence-corrected chi connectivity index (χ4v) is 2.44. The molecule has 1 aliphatic rings. The van der Waals surface area contributed by atoms with Crippen molar-refractivity contribution in [3.05, 3.63) is 29.6 Å². The molecule has 0 saturated carbocycles. The molecule has 4 heteroatoms. The summed E-state index contributed by atoms with van der Waals surface area (Å²) in [7, 11) is 0. The van der Waals surface area contributed by atoms with Gasteiger partial charge in [-0.15, -0.1) is 0 Å². The minimum atomic E-state index is 0.148. The summed E-state index contributed by atoms with van der Waals surface area (Å²) in [6.07, 6.45) is 6.53. The van der Waals surface area contributed by atoms with E-state index in [-0.39, 0.29) is 12.1 Å². The molecule has 1 aromatic heterocycles. The Morgan fingerprint density at radius 2 is 2.33 bits per heavy atom. The number of hydrogen-bond donors (Lipinski definition) is 2. The fraction of sp³-hybridized carbons (Fsp3) is 0.643. The van der Waals surface area contributed by atoms with Gasteiger partial charge in [-0.1, -0.05) is 13.0 Å². The number of aromatic nitrogens is 1. The van der Waals surface area contributed by atoms with Crippen molar-refractivity contribution in [2.24, 2.45) is 5.84 Å². The molecule has 3 atom stereocenters. The van der Waals surface area contributed by atoms with Gasteiger partial charge in [-0.2, -0.15) is 0 Å². The Morgan fingerprint density at radius 1 is 1.50 bits per heavy atom. The van der Waals surface area contributed by atoms with Crippen molar-refractivity contribution in [2.45, 2.75) is 57.8 Å². The number of rotatable bonds is 5. The van der Waals surface area contributed by atoms with Gasteiger partial charge in [0, 0.05) is 18.3 Å². The maximum atomic E-state index is 5.86. The van der Waals surface area contributed by atoms with E-state index >= 15 is 0 Å². The maximum absolute atomic E-state index is 5.86. The van der Waals surface area contributed by atoms with E-state index < -0.39 is 0 Å². The van der Waals surface area contributed by atoms with E-state index in [2.05, 4.69) is 36.4 Å². The van der Waals surface area contributed by atoms with Crippen LogP contribution in [0.1, 0.15) is 37.9 Å². The Labute approximate surface area is 109 Å². The zero-order valence-corrected chi connectivity index (χ0v) is 11.2. The molecule has 100 valence electrons. The third-order valence-corrected chi connectivity index (χ3v) is 3.65. The molecule has 0 amide bonds. The summed E-state index contributed by atoms with van der Waals surface area (Å²) in [5.74, 6) is 5.64. The summed E-state index contributed by atoms with van der Waals surface area (Å²) in [6, 6.07) is 4.37. The van der Waals surface area contributed by atoms with Gasteiger partial charge >= 0.3 is 0 Å². The Hall–Kier alpha value is -0.970. The molecule has 1 fully saturated rings. The second kappa shape index (κ2) is 6.27. The second-order valence-corrected chi connectivity index (χ2v) is 5.05. The molecule has 0 aliphatic carbocycles. The van der Waals surface area contributed by atoms with Gasteiger partial charge in [0.1, 0.15) is 0 Å². The number of pyridine rings is 1. The molecule has 0 aromatic carbocycles. The van der Waals surface area contributed by atoms with Crippen molar-refractivity contribution in [1.82, 2.24) is 10.4 Å². The summed E-state index contributed by atoms with van der Waals surface area (Å²) >= 11 is 0. The minimum Gasteiger partial charge on any atom is -0.374 e. The molecule has 0 spiro atoms. The molecule has 2 rings (SSSR count). The third-order valence-electron chi connectivity index (χ3n) is 3.65. The molecule has 1 aliphatic heterocycles. The van der Waals surface area contributed by atoms with Crippen molar-refractivity contribution in [3.63, 3.8) is 0 Å². The van der Waals surface area contributed by atoms with Crippen molar-refractivity contribution in [2.75, 3.05) is 0 Å². The summed E-state index contributed by atoms with van der Waals surface area (Å²) < 4.78 is 5.86. The number of hydrogen-bond acceptors (Lipinski definition) is 4. The van der Waals surface area contributed by atoms with Crippen LogP contribution in [0.4, 0.5) is 0 Å². The lowest BCUT2D eigenvalue weighted by molar-refractivity contribution is 0.0318. The van der Waals surface area contributed by atoms with Gasteiger partial charge in [0.15, 0.2) is 0 Å². The van der Waals surface area contributed by atoms with Crippen LogP contribution in [0.5, 0.6) is 0 Å². The highest BCUT2D eigenvalue weighted by atomic mass is 16.5. The second-order valence-electron chi connectivity index (χ2n) is 5.05. The molecule has 1 aromatic rings. The van der Waals surface area contributed by atoms with Crippen molar-refractivity contribution < 1.29 is 4.74 Å². The van der Waals surface area contributed by atoms with Crippen molar-refractivity contribution >= 4 is 0 Å². The number of nitrogens with two attached hydrogens (primary N) is 1. The van der Waals surface area contributed by atoms with Gasteiger partial charge in [0.25, 0.3) is 0 Å². The highest BCUT2D eigenvalue weighted by molar-refractivity contribution is 5.15. The number of hydrazine groups is 1. The smallest absolute Gasteiger partial charge is 0.0749 e. The molecule has 0 radical (unpaired) electrons. The van der Waals surface area contributed by atoms with Crippen LogP contribution in [0.25, 0.3) is 0 Å². The van der Waals surface area contributed by atoms with Crippen LogP contribution in [0, 0.1) is 0 Å².